The van der Waals surface area contributed by atoms with Crippen LogP contribution in [0.25, 0.3) is 0 Å². The van der Waals surface area contributed by atoms with Crippen molar-refractivity contribution in [3.8, 4) is 0 Å². The van der Waals surface area contributed by atoms with Crippen LogP contribution in [0.3, 0.4) is 0 Å². The Hall–Kier alpha value is -2.08. The van der Waals surface area contributed by atoms with Crippen molar-refractivity contribution < 1.29 is 19.4 Å². The number of nitrogens with two attached hydrogens (primary N) is 1. The molecule has 1 atom stereocenters. The number of hydrogen-bond donors (Lipinski definition) is 3. The van der Waals surface area contributed by atoms with Gasteiger partial charge in [-0.25, -0.2) is 0 Å². The van der Waals surface area contributed by atoms with E-state index < -0.39 is 18.0 Å². The van der Waals surface area contributed by atoms with Gasteiger partial charge in [-0.1, -0.05) is 6.07 Å². The van der Waals surface area contributed by atoms with Gasteiger partial charge in [0.25, 0.3) is 5.91 Å². The van der Waals surface area contributed by atoms with Gasteiger partial charge in [0, 0.05) is 19.3 Å². The number of hydrogen-bond acceptors (Lipinski definition) is 4. The van der Waals surface area contributed by atoms with Crippen LogP contribution in [0.1, 0.15) is 22.3 Å². The van der Waals surface area contributed by atoms with Crippen molar-refractivity contribution in [2.45, 2.75) is 19.4 Å². The minimum absolute atomic E-state index is 0.110. The number of aliphatic carboxylic acids is 1. The highest BCUT2D eigenvalue weighted by molar-refractivity contribution is 5.98. The molecule has 0 radical (unpaired) electrons. The maximum Gasteiger partial charge on any atom is 0.306 e. The molecule has 104 valence electrons. The highest BCUT2D eigenvalue weighted by Crippen LogP contribution is 2.17. The highest BCUT2D eigenvalue weighted by Gasteiger charge is 2.14. The third-order valence-corrected chi connectivity index (χ3v) is 2.70. The fourth-order valence-electron chi connectivity index (χ4n) is 1.68. The first-order chi connectivity index (χ1) is 8.93. The van der Waals surface area contributed by atoms with Crippen LogP contribution in [0, 0.1) is 6.92 Å². The van der Waals surface area contributed by atoms with Crippen molar-refractivity contribution in [2.75, 3.05) is 19.0 Å². The molecule has 0 aromatic heterocycles. The molecule has 1 aromatic carbocycles. The van der Waals surface area contributed by atoms with Gasteiger partial charge in [-0.15, -0.1) is 0 Å². The van der Waals surface area contributed by atoms with Crippen LogP contribution in [-0.4, -0.2) is 36.7 Å². The van der Waals surface area contributed by atoms with Crippen LogP contribution >= 0.6 is 0 Å². The van der Waals surface area contributed by atoms with Gasteiger partial charge in [0.15, 0.2) is 0 Å². The Morgan fingerprint density at radius 1 is 1.47 bits per heavy atom. The van der Waals surface area contributed by atoms with Crippen molar-refractivity contribution in [1.29, 1.82) is 0 Å². The van der Waals surface area contributed by atoms with Crippen molar-refractivity contribution in [3.05, 3.63) is 29.3 Å². The molecule has 1 amide bonds. The van der Waals surface area contributed by atoms with E-state index in [1.54, 1.807) is 18.2 Å². The molecule has 1 rings (SSSR count). The largest absolute Gasteiger partial charge is 0.481 e. The third-order valence-electron chi connectivity index (χ3n) is 2.70. The van der Waals surface area contributed by atoms with Crippen LogP contribution in [-0.2, 0) is 9.53 Å². The summed E-state index contributed by atoms with van der Waals surface area (Å²) in [7, 11) is 1.44. The van der Waals surface area contributed by atoms with Crippen molar-refractivity contribution in [1.82, 2.24) is 0 Å². The SMILES string of the molecule is COC(CNc1cc(C)ccc1C(N)=O)CC(=O)O. The maximum absolute atomic E-state index is 11.3. The zero-order chi connectivity index (χ0) is 14.4. The first kappa shape index (κ1) is 15.0. The second-order valence-corrected chi connectivity index (χ2v) is 4.25. The van der Waals surface area contributed by atoms with Gasteiger partial charge in [0.1, 0.15) is 0 Å². The molecular formula is C13H18N2O4. The number of carboxylic acid groups (broad SMARTS) is 1. The third kappa shape index (κ3) is 4.59. The van der Waals surface area contributed by atoms with Gasteiger partial charge < -0.3 is 20.9 Å². The average molecular weight is 266 g/mol. The molecular weight excluding hydrogens is 248 g/mol. The fraction of sp³-hybridized carbons (Fsp3) is 0.385. The molecule has 6 nitrogen and oxygen atoms in total. The number of aryl methyl sites for hydroxylation is 1. The first-order valence-electron chi connectivity index (χ1n) is 5.83. The minimum Gasteiger partial charge on any atom is -0.481 e. The number of rotatable bonds is 7. The molecule has 0 aliphatic rings. The summed E-state index contributed by atoms with van der Waals surface area (Å²) in [6.45, 7) is 2.17. The van der Waals surface area contributed by atoms with E-state index in [2.05, 4.69) is 5.32 Å². The number of amides is 1. The predicted molar refractivity (Wildman–Crippen MR) is 71.2 cm³/mol. The summed E-state index contributed by atoms with van der Waals surface area (Å²) in [5.41, 5.74) is 7.21. The lowest BCUT2D eigenvalue weighted by Gasteiger charge is -2.16. The summed E-state index contributed by atoms with van der Waals surface area (Å²) < 4.78 is 5.05. The van der Waals surface area contributed by atoms with Gasteiger partial charge >= 0.3 is 5.97 Å². The molecule has 1 unspecified atom stereocenters. The van der Waals surface area contributed by atoms with E-state index in [1.807, 2.05) is 6.92 Å². The first-order valence-corrected chi connectivity index (χ1v) is 5.83. The van der Waals surface area contributed by atoms with Crippen molar-refractivity contribution >= 4 is 17.6 Å². The molecule has 0 fully saturated rings. The summed E-state index contributed by atoms with van der Waals surface area (Å²) in [5, 5.41) is 11.7. The van der Waals surface area contributed by atoms with E-state index in [-0.39, 0.29) is 13.0 Å². The Labute approximate surface area is 111 Å². The Balaban J connectivity index is 2.78. The molecule has 0 spiro atoms. The van der Waals surface area contributed by atoms with E-state index >= 15 is 0 Å². The van der Waals surface area contributed by atoms with Crippen LogP contribution in [0.15, 0.2) is 18.2 Å². The Bertz CT molecular complexity index is 474. The number of nitrogens with one attached hydrogen (secondary N) is 1. The van der Waals surface area contributed by atoms with E-state index in [0.717, 1.165) is 5.56 Å². The van der Waals surface area contributed by atoms with Gasteiger partial charge in [0.05, 0.1) is 18.1 Å². The summed E-state index contributed by atoms with van der Waals surface area (Å²) in [5.74, 6) is -1.47. The monoisotopic (exact) mass is 266 g/mol. The normalized spacial score (nSPS) is 11.9. The van der Waals surface area contributed by atoms with Crippen LogP contribution < -0.4 is 11.1 Å². The zero-order valence-corrected chi connectivity index (χ0v) is 11.0. The lowest BCUT2D eigenvalue weighted by molar-refractivity contribution is -0.139. The lowest BCUT2D eigenvalue weighted by Crippen LogP contribution is -2.26. The topological polar surface area (TPSA) is 102 Å². The smallest absolute Gasteiger partial charge is 0.306 e. The average Bonchev–Trinajstić information content (AvgIpc) is 2.33. The van der Waals surface area contributed by atoms with E-state index in [9.17, 15) is 9.59 Å². The molecule has 4 N–H and O–H groups in total. The minimum atomic E-state index is -0.937. The number of benzene rings is 1. The van der Waals surface area contributed by atoms with Crippen LogP contribution in [0.5, 0.6) is 0 Å². The molecule has 19 heavy (non-hydrogen) atoms. The van der Waals surface area contributed by atoms with Crippen LogP contribution in [0.2, 0.25) is 0 Å². The summed E-state index contributed by atoms with van der Waals surface area (Å²) in [6.07, 6.45) is -0.583. The molecule has 0 aliphatic carbocycles. The number of carbonyl (C=O) groups is 2. The quantitative estimate of drug-likeness (QED) is 0.683. The predicted octanol–water partition coefficient (Wildman–Crippen LogP) is 0.996. The summed E-state index contributed by atoms with van der Waals surface area (Å²) in [6, 6.07) is 5.21. The van der Waals surface area contributed by atoms with E-state index in [0.29, 0.717) is 11.3 Å². The molecule has 0 aliphatic heterocycles. The number of methoxy groups -OCH3 is 1. The Morgan fingerprint density at radius 3 is 2.68 bits per heavy atom. The van der Waals surface area contributed by atoms with Crippen molar-refractivity contribution in [3.63, 3.8) is 0 Å². The van der Waals surface area contributed by atoms with E-state index in [1.165, 1.54) is 7.11 Å². The Kier molecular flexibility index (Phi) is 5.32. The Morgan fingerprint density at radius 2 is 2.16 bits per heavy atom. The summed E-state index contributed by atoms with van der Waals surface area (Å²) in [4.78, 5) is 21.9. The number of carbonyl (C=O) groups excluding carboxylic acids is 1. The molecule has 0 saturated carbocycles. The zero-order valence-electron chi connectivity index (χ0n) is 11.0. The molecule has 1 aromatic rings. The molecule has 0 heterocycles. The molecule has 0 bridgehead atoms. The van der Waals surface area contributed by atoms with Gasteiger partial charge in [-0.2, -0.15) is 0 Å². The number of anilines is 1. The van der Waals surface area contributed by atoms with Gasteiger partial charge in [-0.3, -0.25) is 9.59 Å². The van der Waals surface area contributed by atoms with Crippen molar-refractivity contribution in [2.24, 2.45) is 5.73 Å². The molecule has 0 saturated heterocycles. The second-order valence-electron chi connectivity index (χ2n) is 4.25. The van der Waals surface area contributed by atoms with Gasteiger partial charge in [-0.05, 0) is 24.6 Å². The number of carboxylic acids is 1. The highest BCUT2D eigenvalue weighted by atomic mass is 16.5. The lowest BCUT2D eigenvalue weighted by atomic mass is 10.1. The van der Waals surface area contributed by atoms with Crippen LogP contribution in [0.4, 0.5) is 5.69 Å². The summed E-state index contributed by atoms with van der Waals surface area (Å²) >= 11 is 0. The fourth-order valence-corrected chi connectivity index (χ4v) is 1.68. The standard InChI is InChI=1S/C13H18N2O4/c1-8-3-4-10(13(14)18)11(5-8)15-7-9(19-2)6-12(16)17/h3-5,9,15H,6-7H2,1-2H3,(H2,14,18)(H,16,17). The van der Waals surface area contributed by atoms with E-state index in [4.69, 9.17) is 15.6 Å². The number of ether oxygens (including phenoxy) is 1. The van der Waals surface area contributed by atoms with Gasteiger partial charge in [0.2, 0.25) is 0 Å². The number of primary amides is 1. The second kappa shape index (κ2) is 6.75. The molecule has 6 heteroatoms. The maximum atomic E-state index is 11.3.